The molecule has 0 spiro atoms. The fraction of sp³-hybridized carbons (Fsp3) is 0.474. The molecule has 6 atom stereocenters. The quantitative estimate of drug-likeness (QED) is 0.689. The molecule has 2 bridgehead atoms. The molecule has 1 aromatic carbocycles. The second-order valence-corrected chi connectivity index (χ2v) is 7.41. The molecule has 5 aliphatic rings. The summed E-state index contributed by atoms with van der Waals surface area (Å²) in [4.78, 5) is 27.1. The molecule has 23 heavy (non-hydrogen) atoms. The molecule has 6 rings (SSSR count). The van der Waals surface area contributed by atoms with E-state index < -0.39 is 0 Å². The van der Waals surface area contributed by atoms with E-state index in [0.29, 0.717) is 23.7 Å². The van der Waals surface area contributed by atoms with Crippen LogP contribution in [0, 0.1) is 42.4 Å². The van der Waals surface area contributed by atoms with Crippen molar-refractivity contribution in [2.24, 2.45) is 35.5 Å². The Morgan fingerprint density at radius 2 is 1.65 bits per heavy atom. The summed E-state index contributed by atoms with van der Waals surface area (Å²) in [6, 6.07) is 7.94. The monoisotopic (exact) mass is 308 g/mol. The summed E-state index contributed by atoms with van der Waals surface area (Å²) in [6.07, 6.45) is 5.63. The minimum absolute atomic E-state index is 0.0331. The Balaban J connectivity index is 1.38. The van der Waals surface area contributed by atoms with Crippen molar-refractivity contribution in [1.29, 1.82) is 0 Å². The zero-order chi connectivity index (χ0) is 15.7. The van der Waals surface area contributed by atoms with Crippen molar-refractivity contribution >= 4 is 17.5 Å². The summed E-state index contributed by atoms with van der Waals surface area (Å²) in [7, 11) is 0. The van der Waals surface area contributed by atoms with Gasteiger partial charge in [-0.25, -0.2) is 0 Å². The molecule has 4 aliphatic carbocycles. The van der Waals surface area contributed by atoms with E-state index in [2.05, 4.69) is 17.5 Å². The average molecular weight is 308 g/mol. The molecule has 1 N–H and O–H groups in total. The van der Waals surface area contributed by atoms with Crippen LogP contribution in [-0.2, 0) is 9.59 Å². The number of para-hydroxylation sites is 1. The van der Waals surface area contributed by atoms with Crippen molar-refractivity contribution in [2.75, 3.05) is 12.0 Å². The van der Waals surface area contributed by atoms with E-state index in [9.17, 15) is 9.59 Å². The molecule has 0 unspecified atom stereocenters. The number of amides is 2. The Morgan fingerprint density at radius 1 is 1.04 bits per heavy atom. The van der Waals surface area contributed by atoms with Gasteiger partial charge < -0.3 is 5.32 Å². The zero-order valence-corrected chi connectivity index (χ0v) is 13.1. The number of benzene rings is 1. The van der Waals surface area contributed by atoms with E-state index in [1.807, 2.05) is 31.2 Å². The van der Waals surface area contributed by atoms with Crippen molar-refractivity contribution in [3.8, 4) is 0 Å². The number of anilines is 1. The Hall–Kier alpha value is -2.10. The molecular weight excluding hydrogens is 288 g/mol. The lowest BCUT2D eigenvalue weighted by molar-refractivity contribution is -0.139. The molecular formula is C19H20N2O2. The highest BCUT2D eigenvalue weighted by Crippen LogP contribution is 2.65. The predicted molar refractivity (Wildman–Crippen MR) is 86.2 cm³/mol. The lowest BCUT2D eigenvalue weighted by atomic mass is 9.63. The summed E-state index contributed by atoms with van der Waals surface area (Å²) in [5, 5.41) is 3.26. The molecule has 0 radical (unpaired) electrons. The van der Waals surface area contributed by atoms with Gasteiger partial charge >= 0.3 is 0 Å². The van der Waals surface area contributed by atoms with Crippen molar-refractivity contribution in [3.05, 3.63) is 42.0 Å². The Morgan fingerprint density at radius 3 is 2.26 bits per heavy atom. The van der Waals surface area contributed by atoms with Gasteiger partial charge in [0.05, 0.1) is 18.5 Å². The highest BCUT2D eigenvalue weighted by Gasteiger charge is 2.66. The second kappa shape index (κ2) is 4.47. The molecule has 1 saturated heterocycles. The molecule has 2 amide bonds. The van der Waals surface area contributed by atoms with Crippen LogP contribution in [0.3, 0.4) is 0 Å². The summed E-state index contributed by atoms with van der Waals surface area (Å²) in [5.74, 6) is 1.79. The van der Waals surface area contributed by atoms with Gasteiger partial charge in [-0.3, -0.25) is 14.5 Å². The van der Waals surface area contributed by atoms with Crippen LogP contribution >= 0.6 is 0 Å². The first-order valence-corrected chi connectivity index (χ1v) is 8.50. The van der Waals surface area contributed by atoms with Crippen LogP contribution in [-0.4, -0.2) is 23.4 Å². The first-order chi connectivity index (χ1) is 11.2. The number of hydrogen-bond acceptors (Lipinski definition) is 3. The third kappa shape index (κ3) is 1.72. The van der Waals surface area contributed by atoms with Gasteiger partial charge in [-0.15, -0.1) is 0 Å². The first kappa shape index (κ1) is 13.3. The Kier molecular flexibility index (Phi) is 2.59. The minimum atomic E-state index is -0.0973. The second-order valence-electron chi connectivity index (χ2n) is 7.41. The van der Waals surface area contributed by atoms with Gasteiger partial charge in [0.1, 0.15) is 0 Å². The van der Waals surface area contributed by atoms with Gasteiger partial charge in [-0.1, -0.05) is 30.4 Å². The number of aryl methyl sites for hydroxylation is 1. The number of likely N-dealkylation sites (tertiary alicyclic amines) is 1. The summed E-state index contributed by atoms with van der Waals surface area (Å²) in [5.41, 5.74) is 2.10. The summed E-state index contributed by atoms with van der Waals surface area (Å²) < 4.78 is 0. The van der Waals surface area contributed by atoms with Crippen molar-refractivity contribution in [1.82, 2.24) is 4.90 Å². The number of allylic oxidation sites excluding steroid dienone is 2. The molecule has 2 saturated carbocycles. The maximum Gasteiger partial charge on any atom is 0.235 e. The standard InChI is InChI=1S/C19H20N2O2/c1-10-4-2-3-5-15(10)20-9-21-18(22)16-11-6-7-12(14-8-13(11)14)17(16)19(21)23/h2-7,11-14,16-17,20H,8-9H2,1H3/t11-,12-,13-,14+,16+,17-/m1/s1. The third-order valence-electron chi connectivity index (χ3n) is 6.33. The van der Waals surface area contributed by atoms with Gasteiger partial charge in [0.15, 0.2) is 0 Å². The van der Waals surface area contributed by atoms with Gasteiger partial charge in [0.2, 0.25) is 11.8 Å². The number of imide groups is 1. The molecule has 3 fully saturated rings. The van der Waals surface area contributed by atoms with Crippen LogP contribution in [0.1, 0.15) is 12.0 Å². The third-order valence-corrected chi connectivity index (χ3v) is 6.33. The number of hydrogen-bond donors (Lipinski definition) is 1. The SMILES string of the molecule is Cc1ccccc1NCN1C(=O)[C@@H]2[C@@H]3C=C[C@H]([C@H]4C[C@@H]34)[C@@H]2C1=O. The van der Waals surface area contributed by atoms with Crippen LogP contribution in [0.5, 0.6) is 0 Å². The fourth-order valence-electron chi connectivity index (χ4n) is 5.11. The van der Waals surface area contributed by atoms with Gasteiger partial charge in [-0.2, -0.15) is 0 Å². The largest absolute Gasteiger partial charge is 0.367 e. The minimum Gasteiger partial charge on any atom is -0.367 e. The zero-order valence-electron chi connectivity index (χ0n) is 13.1. The van der Waals surface area contributed by atoms with Crippen molar-refractivity contribution in [3.63, 3.8) is 0 Å². The highest BCUT2D eigenvalue weighted by atomic mass is 16.2. The number of nitrogens with zero attached hydrogens (tertiary/aromatic N) is 1. The molecule has 118 valence electrons. The molecule has 4 nitrogen and oxygen atoms in total. The summed E-state index contributed by atoms with van der Waals surface area (Å²) >= 11 is 0. The Bertz CT molecular complexity index is 705. The average Bonchev–Trinajstić information content (AvgIpc) is 3.33. The smallest absolute Gasteiger partial charge is 0.235 e. The summed E-state index contributed by atoms with van der Waals surface area (Å²) in [6.45, 7) is 2.30. The van der Waals surface area contributed by atoms with E-state index in [1.54, 1.807) is 0 Å². The van der Waals surface area contributed by atoms with Crippen LogP contribution in [0.15, 0.2) is 36.4 Å². The lowest BCUT2D eigenvalue weighted by Crippen LogP contribution is -2.40. The molecule has 4 heteroatoms. The number of carbonyl (C=O) groups excluding carboxylic acids is 2. The first-order valence-electron chi connectivity index (χ1n) is 8.50. The molecule has 1 aliphatic heterocycles. The van der Waals surface area contributed by atoms with Crippen LogP contribution < -0.4 is 5.32 Å². The normalized spacial score (nSPS) is 39.4. The molecule has 1 aromatic rings. The van der Waals surface area contributed by atoms with E-state index >= 15 is 0 Å². The van der Waals surface area contributed by atoms with E-state index in [1.165, 1.54) is 11.3 Å². The topological polar surface area (TPSA) is 49.4 Å². The van der Waals surface area contributed by atoms with Crippen LogP contribution in [0.25, 0.3) is 0 Å². The van der Waals surface area contributed by atoms with E-state index in [-0.39, 0.29) is 30.3 Å². The fourth-order valence-corrected chi connectivity index (χ4v) is 5.11. The molecule has 1 heterocycles. The van der Waals surface area contributed by atoms with Crippen molar-refractivity contribution < 1.29 is 9.59 Å². The van der Waals surface area contributed by atoms with Crippen molar-refractivity contribution in [2.45, 2.75) is 13.3 Å². The van der Waals surface area contributed by atoms with E-state index in [0.717, 1.165) is 11.3 Å². The van der Waals surface area contributed by atoms with Gasteiger partial charge in [0.25, 0.3) is 0 Å². The van der Waals surface area contributed by atoms with E-state index in [4.69, 9.17) is 0 Å². The highest BCUT2D eigenvalue weighted by molar-refractivity contribution is 6.06. The number of rotatable bonds is 3. The Labute approximate surface area is 135 Å². The maximum atomic E-state index is 12.8. The van der Waals surface area contributed by atoms with Gasteiger partial charge in [0, 0.05) is 5.69 Å². The van der Waals surface area contributed by atoms with Gasteiger partial charge in [-0.05, 0) is 48.6 Å². The predicted octanol–water partition coefficient (Wildman–Crippen LogP) is 2.42. The number of nitrogens with one attached hydrogen (secondary N) is 1. The number of carbonyl (C=O) groups is 2. The van der Waals surface area contributed by atoms with Crippen LogP contribution in [0.4, 0.5) is 5.69 Å². The van der Waals surface area contributed by atoms with Crippen LogP contribution in [0.2, 0.25) is 0 Å². The lowest BCUT2D eigenvalue weighted by Gasteiger charge is -2.37. The molecule has 0 aromatic heterocycles. The maximum absolute atomic E-state index is 12.8.